The van der Waals surface area contributed by atoms with Gasteiger partial charge in [-0.05, 0) is 34.8 Å². The lowest BCUT2D eigenvalue weighted by Crippen LogP contribution is -2.00. The molecule has 0 amide bonds. The van der Waals surface area contributed by atoms with Crippen LogP contribution in [0.25, 0.3) is 0 Å². The zero-order chi connectivity index (χ0) is 9.42. The summed E-state index contributed by atoms with van der Waals surface area (Å²) < 4.78 is 0.546. The van der Waals surface area contributed by atoms with Crippen molar-refractivity contribution in [2.24, 2.45) is 0 Å². The van der Waals surface area contributed by atoms with Crippen LogP contribution in [0.4, 0.5) is 0 Å². The summed E-state index contributed by atoms with van der Waals surface area (Å²) in [6.45, 7) is 0. The minimum Gasteiger partial charge on any atom is -0.478 e. The summed E-state index contributed by atoms with van der Waals surface area (Å²) in [5.41, 5.74) is 1.21. The van der Waals surface area contributed by atoms with Crippen LogP contribution in [-0.4, -0.2) is 16.1 Å². The van der Waals surface area contributed by atoms with Crippen LogP contribution in [0.5, 0.6) is 0 Å². The molecule has 13 heavy (non-hydrogen) atoms. The third-order valence-electron chi connectivity index (χ3n) is 2.10. The Morgan fingerprint density at radius 2 is 2.31 bits per heavy atom. The molecule has 1 fully saturated rings. The maximum atomic E-state index is 10.8. The molecule has 0 saturated heterocycles. The molecule has 1 aliphatic rings. The number of halogens is 1. The first-order chi connectivity index (χ1) is 6.18. The Bertz CT molecular complexity index is 361. The van der Waals surface area contributed by atoms with Crippen molar-refractivity contribution in [3.05, 3.63) is 28.0 Å². The van der Waals surface area contributed by atoms with E-state index in [1.807, 2.05) is 0 Å². The normalized spacial score (nSPS) is 15.8. The number of rotatable bonds is 2. The Balaban J connectivity index is 2.41. The van der Waals surface area contributed by atoms with Crippen molar-refractivity contribution < 1.29 is 9.90 Å². The maximum Gasteiger partial charge on any atom is 0.336 e. The molecule has 0 atom stereocenters. The number of carbonyl (C=O) groups is 1. The van der Waals surface area contributed by atoms with E-state index >= 15 is 0 Å². The van der Waals surface area contributed by atoms with Gasteiger partial charge in [0.1, 0.15) is 0 Å². The number of pyridine rings is 1. The fourth-order valence-corrected chi connectivity index (χ4v) is 1.61. The van der Waals surface area contributed by atoms with Gasteiger partial charge in [-0.1, -0.05) is 0 Å². The van der Waals surface area contributed by atoms with Crippen molar-refractivity contribution >= 4 is 21.9 Å². The van der Waals surface area contributed by atoms with Gasteiger partial charge in [-0.3, -0.25) is 4.98 Å². The van der Waals surface area contributed by atoms with Crippen molar-refractivity contribution in [2.75, 3.05) is 0 Å². The highest BCUT2D eigenvalue weighted by atomic mass is 79.9. The second-order valence-electron chi connectivity index (χ2n) is 3.17. The lowest BCUT2D eigenvalue weighted by atomic mass is 10.2. The molecule has 1 aliphatic carbocycles. The van der Waals surface area contributed by atoms with E-state index in [0.29, 0.717) is 16.0 Å². The molecule has 0 aromatic carbocycles. The van der Waals surface area contributed by atoms with Gasteiger partial charge in [0.05, 0.1) is 10.0 Å². The summed E-state index contributed by atoms with van der Waals surface area (Å²) in [5.74, 6) is -0.414. The molecule has 0 radical (unpaired) electrons. The molecule has 1 saturated carbocycles. The van der Waals surface area contributed by atoms with E-state index in [4.69, 9.17) is 5.11 Å². The Kier molecular flexibility index (Phi) is 2.07. The van der Waals surface area contributed by atoms with E-state index in [1.165, 1.54) is 0 Å². The van der Waals surface area contributed by atoms with Gasteiger partial charge in [0.25, 0.3) is 0 Å². The minimum absolute atomic E-state index is 0.303. The Morgan fingerprint density at radius 1 is 1.62 bits per heavy atom. The topological polar surface area (TPSA) is 50.2 Å². The predicted octanol–water partition coefficient (Wildman–Crippen LogP) is 2.42. The van der Waals surface area contributed by atoms with Crippen LogP contribution in [0.15, 0.2) is 16.7 Å². The summed E-state index contributed by atoms with van der Waals surface area (Å²) in [6.07, 6.45) is 3.83. The molecule has 1 aromatic heterocycles. The van der Waals surface area contributed by atoms with Crippen LogP contribution in [-0.2, 0) is 0 Å². The van der Waals surface area contributed by atoms with E-state index in [2.05, 4.69) is 20.9 Å². The third-order valence-corrected chi connectivity index (χ3v) is 2.73. The highest BCUT2D eigenvalue weighted by Crippen LogP contribution is 2.39. The van der Waals surface area contributed by atoms with Gasteiger partial charge in [-0.25, -0.2) is 4.79 Å². The van der Waals surface area contributed by atoms with E-state index in [1.54, 1.807) is 12.3 Å². The van der Waals surface area contributed by atoms with E-state index < -0.39 is 5.97 Å². The lowest BCUT2D eigenvalue weighted by Gasteiger charge is -2.01. The predicted molar refractivity (Wildman–Crippen MR) is 50.9 cm³/mol. The first-order valence-electron chi connectivity index (χ1n) is 4.07. The fourth-order valence-electron chi connectivity index (χ4n) is 1.22. The molecule has 1 heterocycles. The monoisotopic (exact) mass is 241 g/mol. The molecule has 0 spiro atoms. The molecule has 1 aromatic rings. The first-order valence-corrected chi connectivity index (χ1v) is 4.86. The van der Waals surface area contributed by atoms with Crippen LogP contribution in [0.2, 0.25) is 0 Å². The number of nitrogens with zero attached hydrogens (tertiary/aromatic N) is 1. The molecule has 0 unspecified atom stereocenters. The third kappa shape index (κ3) is 1.72. The first kappa shape index (κ1) is 8.69. The van der Waals surface area contributed by atoms with Gasteiger partial charge < -0.3 is 5.11 Å². The molecule has 0 bridgehead atoms. The highest BCUT2D eigenvalue weighted by Gasteiger charge is 2.26. The summed E-state index contributed by atoms with van der Waals surface area (Å²) in [5, 5.41) is 8.83. The average Bonchev–Trinajstić information content (AvgIpc) is 2.87. The van der Waals surface area contributed by atoms with Gasteiger partial charge in [0.15, 0.2) is 0 Å². The number of hydrogen-bond donors (Lipinski definition) is 1. The molecular formula is C9H8BrNO2. The second-order valence-corrected chi connectivity index (χ2v) is 4.02. The average molecular weight is 242 g/mol. The van der Waals surface area contributed by atoms with Crippen molar-refractivity contribution in [2.45, 2.75) is 18.8 Å². The van der Waals surface area contributed by atoms with Gasteiger partial charge in [-0.15, -0.1) is 0 Å². The van der Waals surface area contributed by atoms with Crippen LogP contribution in [0.1, 0.15) is 34.8 Å². The van der Waals surface area contributed by atoms with Gasteiger partial charge in [0, 0.05) is 17.8 Å². The summed E-state index contributed by atoms with van der Waals surface area (Å²) >= 11 is 3.16. The van der Waals surface area contributed by atoms with Crippen LogP contribution in [0, 0.1) is 0 Å². The molecule has 1 N–H and O–H groups in total. The molecule has 3 nitrogen and oxygen atoms in total. The standard InChI is InChI=1S/C9H8BrNO2/c10-7-4-11-8(5-1-2-5)3-6(7)9(12)13/h3-5H,1-2H2,(H,12,13). The Morgan fingerprint density at radius 3 is 2.85 bits per heavy atom. The van der Waals surface area contributed by atoms with E-state index in [-0.39, 0.29) is 0 Å². The smallest absolute Gasteiger partial charge is 0.336 e. The van der Waals surface area contributed by atoms with Crippen molar-refractivity contribution in [1.82, 2.24) is 4.98 Å². The number of hydrogen-bond acceptors (Lipinski definition) is 2. The zero-order valence-corrected chi connectivity index (χ0v) is 8.41. The Labute approximate surface area is 83.9 Å². The zero-order valence-electron chi connectivity index (χ0n) is 6.83. The van der Waals surface area contributed by atoms with Crippen molar-refractivity contribution in [1.29, 1.82) is 0 Å². The van der Waals surface area contributed by atoms with E-state index in [9.17, 15) is 4.79 Å². The molecule has 68 valence electrons. The number of aromatic carboxylic acids is 1. The minimum atomic E-state index is -0.906. The van der Waals surface area contributed by atoms with Crippen LogP contribution >= 0.6 is 15.9 Å². The summed E-state index contributed by atoms with van der Waals surface area (Å²) in [6, 6.07) is 1.66. The van der Waals surface area contributed by atoms with Crippen molar-refractivity contribution in [3.63, 3.8) is 0 Å². The largest absolute Gasteiger partial charge is 0.478 e. The number of carboxylic acids is 1. The summed E-state index contributed by atoms with van der Waals surface area (Å²) in [7, 11) is 0. The van der Waals surface area contributed by atoms with Crippen molar-refractivity contribution in [3.8, 4) is 0 Å². The van der Waals surface area contributed by atoms with Crippen LogP contribution in [0.3, 0.4) is 0 Å². The highest BCUT2D eigenvalue weighted by molar-refractivity contribution is 9.10. The van der Waals surface area contributed by atoms with E-state index in [0.717, 1.165) is 18.5 Å². The van der Waals surface area contributed by atoms with Gasteiger partial charge in [0.2, 0.25) is 0 Å². The molecular weight excluding hydrogens is 234 g/mol. The number of aromatic nitrogens is 1. The van der Waals surface area contributed by atoms with Gasteiger partial charge >= 0.3 is 5.97 Å². The summed E-state index contributed by atoms with van der Waals surface area (Å²) in [4.78, 5) is 14.9. The van der Waals surface area contributed by atoms with Gasteiger partial charge in [-0.2, -0.15) is 0 Å². The molecule has 2 rings (SSSR count). The SMILES string of the molecule is O=C(O)c1cc(C2CC2)ncc1Br. The number of carboxylic acid groups (broad SMARTS) is 1. The second kappa shape index (κ2) is 3.10. The van der Waals surface area contributed by atoms with Crippen LogP contribution < -0.4 is 0 Å². The Hall–Kier alpha value is -0.900. The molecule has 0 aliphatic heterocycles. The fraction of sp³-hybridized carbons (Fsp3) is 0.333. The maximum absolute atomic E-state index is 10.8. The molecule has 4 heteroatoms. The lowest BCUT2D eigenvalue weighted by molar-refractivity contribution is 0.0695. The quantitative estimate of drug-likeness (QED) is 0.866.